The first-order valence-electron chi connectivity index (χ1n) is 7.73. The first kappa shape index (κ1) is 16.3. The average Bonchev–Trinajstić information content (AvgIpc) is 2.28. The summed E-state index contributed by atoms with van der Waals surface area (Å²) >= 11 is 0. The summed E-state index contributed by atoms with van der Waals surface area (Å²) < 4.78 is 0. The number of hydrogen-bond donors (Lipinski definition) is 0. The van der Waals surface area contributed by atoms with Gasteiger partial charge in [0.15, 0.2) is 0 Å². The van der Waals surface area contributed by atoms with Crippen molar-refractivity contribution in [3.8, 4) is 0 Å². The predicted molar refractivity (Wildman–Crippen MR) is 87.2 cm³/mol. The molecule has 108 valence electrons. The van der Waals surface area contributed by atoms with Gasteiger partial charge in [0.2, 0.25) is 0 Å². The standard InChI is InChI=1S/C19H32/c1-8-10-16-15(3)12-13-18(4,5)14-19(6,7)17(16)11-9-2/h8-11,15H,12-14H2,1-7H3. The molecule has 0 spiro atoms. The van der Waals surface area contributed by atoms with Crippen LogP contribution in [0.4, 0.5) is 0 Å². The van der Waals surface area contributed by atoms with Crippen LogP contribution in [0.25, 0.3) is 0 Å². The molecule has 0 nitrogen and oxygen atoms in total. The van der Waals surface area contributed by atoms with Crippen molar-refractivity contribution in [2.24, 2.45) is 16.7 Å². The van der Waals surface area contributed by atoms with Crippen molar-refractivity contribution in [1.82, 2.24) is 0 Å². The molecule has 1 unspecified atom stereocenters. The Bertz CT molecular complexity index is 388. The van der Waals surface area contributed by atoms with E-state index in [1.54, 1.807) is 5.57 Å². The highest BCUT2D eigenvalue weighted by atomic mass is 14.4. The fourth-order valence-corrected chi connectivity index (χ4v) is 3.72. The second kappa shape index (κ2) is 6.11. The van der Waals surface area contributed by atoms with Gasteiger partial charge in [-0.2, -0.15) is 0 Å². The van der Waals surface area contributed by atoms with Crippen LogP contribution in [0.1, 0.15) is 67.7 Å². The van der Waals surface area contributed by atoms with E-state index in [1.807, 2.05) is 0 Å². The van der Waals surface area contributed by atoms with E-state index in [-0.39, 0.29) is 5.41 Å². The minimum absolute atomic E-state index is 0.250. The fraction of sp³-hybridized carbons (Fsp3) is 0.684. The Morgan fingerprint density at radius 2 is 1.58 bits per heavy atom. The summed E-state index contributed by atoms with van der Waals surface area (Å²) in [6.07, 6.45) is 12.9. The largest absolute Gasteiger partial charge is 0.0874 e. The van der Waals surface area contributed by atoms with E-state index in [9.17, 15) is 0 Å². The van der Waals surface area contributed by atoms with E-state index in [2.05, 4.69) is 72.8 Å². The Labute approximate surface area is 120 Å². The molecule has 0 aliphatic heterocycles. The molecule has 0 amide bonds. The molecule has 0 heteroatoms. The molecular formula is C19H32. The Morgan fingerprint density at radius 3 is 2.11 bits per heavy atom. The highest BCUT2D eigenvalue weighted by molar-refractivity contribution is 5.39. The Morgan fingerprint density at radius 1 is 1.00 bits per heavy atom. The van der Waals surface area contributed by atoms with Gasteiger partial charge in [-0.15, -0.1) is 0 Å². The summed E-state index contributed by atoms with van der Waals surface area (Å²) in [5.41, 5.74) is 3.76. The zero-order valence-corrected chi connectivity index (χ0v) is 14.0. The summed E-state index contributed by atoms with van der Waals surface area (Å²) in [5, 5.41) is 0. The van der Waals surface area contributed by atoms with Gasteiger partial charge in [-0.3, -0.25) is 0 Å². The zero-order valence-electron chi connectivity index (χ0n) is 14.0. The topological polar surface area (TPSA) is 0 Å². The molecule has 0 saturated heterocycles. The molecule has 1 atom stereocenters. The molecule has 0 aromatic carbocycles. The van der Waals surface area contributed by atoms with Crippen LogP contribution in [0.2, 0.25) is 0 Å². The molecule has 1 aliphatic rings. The smallest absolute Gasteiger partial charge is 0.00958 e. The second-order valence-electron chi connectivity index (χ2n) is 7.53. The van der Waals surface area contributed by atoms with Crippen LogP contribution in [0.15, 0.2) is 35.5 Å². The molecular weight excluding hydrogens is 228 g/mol. The summed E-state index contributed by atoms with van der Waals surface area (Å²) in [5.74, 6) is 0.654. The maximum Gasteiger partial charge on any atom is -0.00958 e. The van der Waals surface area contributed by atoms with Gasteiger partial charge in [0.05, 0.1) is 0 Å². The SMILES string of the molecule is CC=CC1=C(C=CC)C(C)(C)CC(C)(C)CCC1C. The highest BCUT2D eigenvalue weighted by Crippen LogP contribution is 2.47. The Hall–Kier alpha value is -0.780. The van der Waals surface area contributed by atoms with E-state index in [0.717, 1.165) is 0 Å². The van der Waals surface area contributed by atoms with Gasteiger partial charge in [0.25, 0.3) is 0 Å². The maximum absolute atomic E-state index is 2.43. The van der Waals surface area contributed by atoms with Crippen LogP contribution in [-0.2, 0) is 0 Å². The third kappa shape index (κ3) is 4.09. The normalized spacial score (nSPS) is 27.8. The molecule has 1 aliphatic carbocycles. The molecule has 1 rings (SSSR count). The van der Waals surface area contributed by atoms with E-state index in [0.29, 0.717) is 11.3 Å². The molecule has 0 aromatic rings. The Kier molecular flexibility index (Phi) is 5.24. The van der Waals surface area contributed by atoms with Crippen LogP contribution in [-0.4, -0.2) is 0 Å². The summed E-state index contributed by atoms with van der Waals surface area (Å²) in [6.45, 7) is 16.3. The van der Waals surface area contributed by atoms with Gasteiger partial charge in [0, 0.05) is 0 Å². The summed E-state index contributed by atoms with van der Waals surface area (Å²) in [6, 6.07) is 0. The molecule has 0 N–H and O–H groups in total. The van der Waals surface area contributed by atoms with Crippen molar-refractivity contribution >= 4 is 0 Å². The lowest BCUT2D eigenvalue weighted by Gasteiger charge is -2.41. The Balaban J connectivity index is 3.41. The lowest BCUT2D eigenvalue weighted by atomic mass is 9.64. The molecule has 0 radical (unpaired) electrons. The molecule has 0 bridgehead atoms. The van der Waals surface area contributed by atoms with Crippen LogP contribution in [0.5, 0.6) is 0 Å². The summed E-state index contributed by atoms with van der Waals surface area (Å²) in [4.78, 5) is 0. The van der Waals surface area contributed by atoms with Gasteiger partial charge in [0.1, 0.15) is 0 Å². The van der Waals surface area contributed by atoms with Crippen molar-refractivity contribution in [3.05, 3.63) is 35.5 Å². The predicted octanol–water partition coefficient (Wildman–Crippen LogP) is 6.31. The second-order valence-corrected chi connectivity index (χ2v) is 7.53. The quantitative estimate of drug-likeness (QED) is 0.546. The van der Waals surface area contributed by atoms with Crippen LogP contribution in [0, 0.1) is 16.7 Å². The molecule has 0 heterocycles. The van der Waals surface area contributed by atoms with Crippen molar-refractivity contribution in [3.63, 3.8) is 0 Å². The van der Waals surface area contributed by atoms with Gasteiger partial charge in [-0.1, -0.05) is 58.9 Å². The fourth-order valence-electron chi connectivity index (χ4n) is 3.72. The van der Waals surface area contributed by atoms with E-state index >= 15 is 0 Å². The third-order valence-corrected chi connectivity index (χ3v) is 4.43. The van der Waals surface area contributed by atoms with Crippen molar-refractivity contribution < 1.29 is 0 Å². The lowest BCUT2D eigenvalue weighted by molar-refractivity contribution is 0.194. The van der Waals surface area contributed by atoms with Crippen LogP contribution < -0.4 is 0 Å². The zero-order chi connectivity index (χ0) is 14.7. The van der Waals surface area contributed by atoms with Crippen molar-refractivity contribution in [2.45, 2.75) is 67.7 Å². The van der Waals surface area contributed by atoms with Gasteiger partial charge < -0.3 is 0 Å². The maximum atomic E-state index is 2.43. The van der Waals surface area contributed by atoms with E-state index in [4.69, 9.17) is 0 Å². The minimum Gasteiger partial charge on any atom is -0.0874 e. The van der Waals surface area contributed by atoms with Gasteiger partial charge in [-0.25, -0.2) is 0 Å². The first-order chi connectivity index (χ1) is 8.73. The van der Waals surface area contributed by atoms with Crippen molar-refractivity contribution in [1.29, 1.82) is 0 Å². The lowest BCUT2D eigenvalue weighted by Crippen LogP contribution is -2.29. The monoisotopic (exact) mass is 260 g/mol. The highest BCUT2D eigenvalue weighted by Gasteiger charge is 2.35. The van der Waals surface area contributed by atoms with Crippen LogP contribution >= 0.6 is 0 Å². The molecule has 0 fully saturated rings. The minimum atomic E-state index is 0.250. The number of rotatable bonds is 2. The average molecular weight is 260 g/mol. The number of hydrogen-bond acceptors (Lipinski definition) is 0. The van der Waals surface area contributed by atoms with E-state index in [1.165, 1.54) is 24.8 Å². The number of allylic oxidation sites excluding steroid dienone is 6. The van der Waals surface area contributed by atoms with Crippen LogP contribution in [0.3, 0.4) is 0 Å². The molecule has 0 saturated carbocycles. The summed E-state index contributed by atoms with van der Waals surface area (Å²) in [7, 11) is 0. The third-order valence-electron chi connectivity index (χ3n) is 4.43. The van der Waals surface area contributed by atoms with Crippen molar-refractivity contribution in [2.75, 3.05) is 0 Å². The van der Waals surface area contributed by atoms with Gasteiger partial charge >= 0.3 is 0 Å². The van der Waals surface area contributed by atoms with Gasteiger partial charge in [-0.05, 0) is 61.0 Å². The first-order valence-corrected chi connectivity index (χ1v) is 7.73. The molecule has 0 aromatic heterocycles. The molecule has 19 heavy (non-hydrogen) atoms. The van der Waals surface area contributed by atoms with E-state index < -0.39 is 0 Å².